The van der Waals surface area contributed by atoms with Crippen molar-refractivity contribution in [3.05, 3.63) is 24.3 Å². The molecule has 0 aliphatic rings. The number of guanidine groups is 1. The van der Waals surface area contributed by atoms with E-state index in [0.29, 0.717) is 18.7 Å². The lowest BCUT2D eigenvalue weighted by Gasteiger charge is -2.17. The van der Waals surface area contributed by atoms with E-state index in [9.17, 15) is 13.2 Å². The number of carbonyl (C=O) groups excluding carboxylic acids is 1. The summed E-state index contributed by atoms with van der Waals surface area (Å²) in [6.45, 7) is 0.352. The molecule has 7 N–H and O–H groups in total. The Morgan fingerprint density at radius 1 is 1.30 bits per heavy atom. The monoisotopic (exact) mass is 361 g/mol. The number of rotatable bonds is 9. The maximum absolute atomic E-state index is 12.3. The molecule has 128 valence electrons. The fourth-order valence-electron chi connectivity index (χ4n) is 1.81. The number of hydrogen-bond donors (Lipinski definition) is 5. The Balaban J connectivity index is 2.77. The van der Waals surface area contributed by atoms with Crippen molar-refractivity contribution >= 4 is 39.1 Å². The lowest BCUT2D eigenvalue weighted by Crippen LogP contribution is -2.42. The van der Waals surface area contributed by atoms with Gasteiger partial charge in [-0.05, 0) is 37.1 Å². The van der Waals surface area contributed by atoms with E-state index in [0.717, 1.165) is 0 Å². The average molecular weight is 362 g/mol. The van der Waals surface area contributed by atoms with Crippen molar-refractivity contribution < 1.29 is 13.2 Å². The van der Waals surface area contributed by atoms with E-state index in [4.69, 9.17) is 28.5 Å². The van der Waals surface area contributed by atoms with E-state index in [1.54, 1.807) is 0 Å². The van der Waals surface area contributed by atoms with E-state index in [2.05, 4.69) is 10.0 Å². The summed E-state index contributed by atoms with van der Waals surface area (Å²) in [5.41, 5.74) is 11.1. The number of benzene rings is 1. The first-order chi connectivity index (χ1) is 10.8. The minimum atomic E-state index is -3.86. The number of nitrogens with one attached hydrogen (secondary N) is 3. The highest BCUT2D eigenvalue weighted by atomic mass is 35.5. The van der Waals surface area contributed by atoms with Gasteiger partial charge in [-0.25, -0.2) is 13.1 Å². The van der Waals surface area contributed by atoms with Crippen LogP contribution in [0.2, 0.25) is 0 Å². The second kappa shape index (κ2) is 8.70. The Kier molecular flexibility index (Phi) is 7.27. The highest BCUT2D eigenvalue weighted by molar-refractivity contribution is 7.89. The van der Waals surface area contributed by atoms with Crippen molar-refractivity contribution in [2.75, 3.05) is 18.2 Å². The molecule has 10 heteroatoms. The SMILES string of the molecule is N=C(N)NCCC[C@H](NS(=O)(=O)c1ccc(N)cc1)C(=O)CCl. The van der Waals surface area contributed by atoms with Crippen LogP contribution in [0.4, 0.5) is 5.69 Å². The maximum atomic E-state index is 12.3. The van der Waals surface area contributed by atoms with E-state index in [1.165, 1.54) is 24.3 Å². The molecule has 0 saturated carbocycles. The van der Waals surface area contributed by atoms with Gasteiger partial charge in [-0.2, -0.15) is 0 Å². The molecule has 0 unspecified atom stereocenters. The minimum absolute atomic E-state index is 0.0148. The van der Waals surface area contributed by atoms with Gasteiger partial charge in [-0.15, -0.1) is 11.6 Å². The largest absolute Gasteiger partial charge is 0.399 e. The predicted octanol–water partition coefficient (Wildman–Crippen LogP) is -0.0131. The van der Waals surface area contributed by atoms with Crippen molar-refractivity contribution in [3.8, 4) is 0 Å². The molecule has 0 fully saturated rings. The van der Waals surface area contributed by atoms with Gasteiger partial charge >= 0.3 is 0 Å². The highest BCUT2D eigenvalue weighted by Crippen LogP contribution is 2.13. The summed E-state index contributed by atoms with van der Waals surface area (Å²) in [5, 5.41) is 9.62. The fraction of sp³-hybridized carbons (Fsp3) is 0.385. The molecule has 0 radical (unpaired) electrons. The summed E-state index contributed by atoms with van der Waals surface area (Å²) in [6.07, 6.45) is 0.678. The Bertz CT molecular complexity index is 648. The molecule has 0 spiro atoms. The normalized spacial score (nSPS) is 12.6. The number of sulfonamides is 1. The van der Waals surface area contributed by atoms with Crippen molar-refractivity contribution in [2.45, 2.75) is 23.8 Å². The molecule has 0 aliphatic heterocycles. The molecule has 0 heterocycles. The molecule has 1 aromatic carbocycles. The molecule has 0 aliphatic carbocycles. The first kappa shape index (κ1) is 19.2. The summed E-state index contributed by atoms with van der Waals surface area (Å²) >= 11 is 5.53. The molecule has 0 aromatic heterocycles. The number of halogens is 1. The molecule has 1 aromatic rings. The summed E-state index contributed by atoms with van der Waals surface area (Å²) < 4.78 is 26.9. The predicted molar refractivity (Wildman–Crippen MR) is 89.8 cm³/mol. The van der Waals surface area contributed by atoms with E-state index >= 15 is 0 Å². The Hall–Kier alpha value is -1.84. The third-order valence-corrected chi connectivity index (χ3v) is 4.74. The second-order valence-electron chi connectivity index (χ2n) is 4.83. The number of nitrogens with two attached hydrogens (primary N) is 2. The number of carbonyl (C=O) groups is 1. The summed E-state index contributed by atoms with van der Waals surface area (Å²) in [6, 6.07) is 4.70. The number of nitrogen functional groups attached to an aromatic ring is 1. The molecular weight excluding hydrogens is 342 g/mol. The minimum Gasteiger partial charge on any atom is -0.399 e. The highest BCUT2D eigenvalue weighted by Gasteiger charge is 2.24. The molecule has 1 rings (SSSR count). The topological polar surface area (TPSA) is 151 Å². The summed E-state index contributed by atoms with van der Waals surface area (Å²) in [7, 11) is -3.86. The van der Waals surface area contributed by atoms with E-state index in [-0.39, 0.29) is 23.2 Å². The van der Waals surface area contributed by atoms with Crippen molar-refractivity contribution in [2.24, 2.45) is 5.73 Å². The van der Waals surface area contributed by atoms with Gasteiger partial charge in [-0.3, -0.25) is 10.2 Å². The molecule has 0 bridgehead atoms. The Labute approximate surface area is 140 Å². The van der Waals surface area contributed by atoms with Gasteiger partial charge in [0.1, 0.15) is 0 Å². The van der Waals surface area contributed by atoms with Gasteiger partial charge in [0.15, 0.2) is 11.7 Å². The van der Waals surface area contributed by atoms with Crippen LogP contribution in [0.3, 0.4) is 0 Å². The van der Waals surface area contributed by atoms with Crippen LogP contribution in [0, 0.1) is 5.41 Å². The molecular formula is C13H20ClN5O3S. The van der Waals surface area contributed by atoms with E-state index < -0.39 is 21.8 Å². The van der Waals surface area contributed by atoms with Gasteiger partial charge < -0.3 is 16.8 Å². The number of Topliss-reactive ketones (excluding diaryl/α,β-unsaturated/α-hetero) is 1. The van der Waals surface area contributed by atoms with Crippen LogP contribution in [0.5, 0.6) is 0 Å². The van der Waals surface area contributed by atoms with Crippen LogP contribution in [0.25, 0.3) is 0 Å². The maximum Gasteiger partial charge on any atom is 0.241 e. The first-order valence-electron chi connectivity index (χ1n) is 6.80. The van der Waals surface area contributed by atoms with Crippen LogP contribution in [-0.4, -0.2) is 38.6 Å². The number of hydrogen-bond acceptors (Lipinski definition) is 5. The number of ketones is 1. The Morgan fingerprint density at radius 3 is 2.43 bits per heavy atom. The van der Waals surface area contributed by atoms with Crippen LogP contribution in [-0.2, 0) is 14.8 Å². The lowest BCUT2D eigenvalue weighted by molar-refractivity contribution is -0.118. The molecule has 1 atom stereocenters. The zero-order valence-corrected chi connectivity index (χ0v) is 14.0. The molecule has 8 nitrogen and oxygen atoms in total. The van der Waals surface area contributed by atoms with Gasteiger partial charge in [-0.1, -0.05) is 0 Å². The van der Waals surface area contributed by atoms with Crippen LogP contribution in [0.1, 0.15) is 12.8 Å². The Morgan fingerprint density at radius 2 is 1.91 bits per heavy atom. The number of anilines is 1. The quantitative estimate of drug-likeness (QED) is 0.137. The van der Waals surface area contributed by atoms with Crippen LogP contribution in [0.15, 0.2) is 29.2 Å². The van der Waals surface area contributed by atoms with Gasteiger partial charge in [0, 0.05) is 12.2 Å². The van der Waals surface area contributed by atoms with Crippen LogP contribution >= 0.6 is 11.6 Å². The summed E-state index contributed by atoms with van der Waals surface area (Å²) in [4.78, 5) is 11.9. The zero-order valence-electron chi connectivity index (χ0n) is 12.4. The van der Waals surface area contributed by atoms with Gasteiger partial charge in [0.2, 0.25) is 10.0 Å². The van der Waals surface area contributed by atoms with Crippen molar-refractivity contribution in [1.82, 2.24) is 10.0 Å². The van der Waals surface area contributed by atoms with Gasteiger partial charge in [0.25, 0.3) is 0 Å². The average Bonchev–Trinajstić information content (AvgIpc) is 2.49. The third-order valence-electron chi connectivity index (χ3n) is 2.99. The summed E-state index contributed by atoms with van der Waals surface area (Å²) in [5.74, 6) is -0.907. The van der Waals surface area contributed by atoms with E-state index in [1.807, 2.05) is 0 Å². The molecule has 0 amide bonds. The zero-order chi connectivity index (χ0) is 17.5. The molecule has 23 heavy (non-hydrogen) atoms. The van der Waals surface area contributed by atoms with Crippen LogP contribution < -0.4 is 21.5 Å². The first-order valence-corrected chi connectivity index (χ1v) is 8.82. The second-order valence-corrected chi connectivity index (χ2v) is 6.81. The molecule has 0 saturated heterocycles. The lowest BCUT2D eigenvalue weighted by atomic mass is 10.1. The smallest absolute Gasteiger partial charge is 0.241 e. The standard InChI is InChI=1S/C13H20ClN5O3S/c14-8-12(20)11(2-1-7-18-13(16)17)19-23(21,22)10-5-3-9(15)4-6-10/h3-6,11,19H,1-2,7-8,15H2,(H4,16,17,18)/t11-/m0/s1. The van der Waals surface area contributed by atoms with Crippen molar-refractivity contribution in [3.63, 3.8) is 0 Å². The third kappa shape index (κ3) is 6.43. The number of alkyl halides is 1. The fourth-order valence-corrected chi connectivity index (χ4v) is 3.25. The van der Waals surface area contributed by atoms with Gasteiger partial charge in [0.05, 0.1) is 16.8 Å². The van der Waals surface area contributed by atoms with Crippen molar-refractivity contribution in [1.29, 1.82) is 5.41 Å².